The molecule has 126 valence electrons. The number of amides is 1. The third-order valence-electron chi connectivity index (χ3n) is 3.95. The number of carbonyl (C=O) groups is 1. The summed E-state index contributed by atoms with van der Waals surface area (Å²) in [5.41, 5.74) is 1.48. The standard InChI is InChI=1S/C17H17NO5S/c1-11-2-4-15-14(8-11)17(20)12(9-23-15)3-5-16(19)18-13-6-7-24(21,22)10-13/h2-5,8-9,13H,6-7,10H2,1H3,(H,18,19)/b5-3+. The van der Waals surface area contributed by atoms with Gasteiger partial charge in [0.1, 0.15) is 11.8 Å². The van der Waals surface area contributed by atoms with Gasteiger partial charge in [-0.1, -0.05) is 11.6 Å². The average Bonchev–Trinajstić information content (AvgIpc) is 2.86. The zero-order valence-corrected chi connectivity index (χ0v) is 13.9. The Balaban J connectivity index is 1.77. The third kappa shape index (κ3) is 3.56. The molecule has 7 heteroatoms. The van der Waals surface area contributed by atoms with Crippen molar-refractivity contribution in [2.24, 2.45) is 0 Å². The van der Waals surface area contributed by atoms with Crippen LogP contribution in [0.1, 0.15) is 17.5 Å². The summed E-state index contributed by atoms with van der Waals surface area (Å²) in [7, 11) is -3.05. The summed E-state index contributed by atoms with van der Waals surface area (Å²) in [6.45, 7) is 1.88. The van der Waals surface area contributed by atoms with Crippen molar-refractivity contribution in [1.82, 2.24) is 5.32 Å². The van der Waals surface area contributed by atoms with E-state index < -0.39 is 15.7 Å². The minimum atomic E-state index is -3.05. The number of rotatable bonds is 3. The molecule has 0 saturated carbocycles. The molecule has 1 aliphatic heterocycles. The van der Waals surface area contributed by atoms with Gasteiger partial charge in [-0.3, -0.25) is 9.59 Å². The van der Waals surface area contributed by atoms with Crippen LogP contribution < -0.4 is 10.7 Å². The van der Waals surface area contributed by atoms with Gasteiger partial charge in [-0.05, 0) is 31.6 Å². The molecule has 0 radical (unpaired) electrons. The Labute approximate surface area is 139 Å². The van der Waals surface area contributed by atoms with Crippen LogP contribution in [-0.4, -0.2) is 31.9 Å². The molecule has 1 aromatic heterocycles. The van der Waals surface area contributed by atoms with E-state index in [-0.39, 0.29) is 28.5 Å². The lowest BCUT2D eigenvalue weighted by molar-refractivity contribution is -0.116. The van der Waals surface area contributed by atoms with Crippen molar-refractivity contribution in [1.29, 1.82) is 0 Å². The molecular weight excluding hydrogens is 330 g/mol. The molecule has 0 spiro atoms. The van der Waals surface area contributed by atoms with E-state index >= 15 is 0 Å². The molecule has 0 aliphatic carbocycles. The minimum Gasteiger partial charge on any atom is -0.463 e. The van der Waals surface area contributed by atoms with Gasteiger partial charge in [0.25, 0.3) is 0 Å². The van der Waals surface area contributed by atoms with Crippen LogP contribution in [0.4, 0.5) is 0 Å². The van der Waals surface area contributed by atoms with Crippen molar-refractivity contribution in [3.05, 3.63) is 51.9 Å². The first-order chi connectivity index (χ1) is 11.3. The van der Waals surface area contributed by atoms with E-state index in [1.165, 1.54) is 18.4 Å². The van der Waals surface area contributed by atoms with Crippen LogP contribution in [0.3, 0.4) is 0 Å². The van der Waals surface area contributed by atoms with Crippen molar-refractivity contribution in [3.8, 4) is 0 Å². The van der Waals surface area contributed by atoms with Crippen LogP contribution in [0.2, 0.25) is 0 Å². The van der Waals surface area contributed by atoms with Crippen molar-refractivity contribution in [2.75, 3.05) is 11.5 Å². The summed E-state index contributed by atoms with van der Waals surface area (Å²) in [5.74, 6) is -0.375. The topological polar surface area (TPSA) is 93.4 Å². The van der Waals surface area contributed by atoms with Crippen molar-refractivity contribution in [3.63, 3.8) is 0 Å². The summed E-state index contributed by atoms with van der Waals surface area (Å²) >= 11 is 0. The van der Waals surface area contributed by atoms with E-state index in [2.05, 4.69) is 5.32 Å². The second-order valence-corrected chi connectivity index (χ2v) is 8.19. The minimum absolute atomic E-state index is 0.0377. The number of nitrogens with one attached hydrogen (secondary N) is 1. The van der Waals surface area contributed by atoms with Crippen LogP contribution in [0.15, 0.2) is 39.7 Å². The van der Waals surface area contributed by atoms with Crippen LogP contribution in [0.5, 0.6) is 0 Å². The maximum absolute atomic E-state index is 12.4. The number of aryl methyl sites for hydroxylation is 1. The highest BCUT2D eigenvalue weighted by Crippen LogP contribution is 2.14. The number of fused-ring (bicyclic) bond motifs is 1. The molecular formula is C17H17NO5S. The predicted octanol–water partition coefficient (Wildman–Crippen LogP) is 1.42. The maximum Gasteiger partial charge on any atom is 0.244 e. The second-order valence-electron chi connectivity index (χ2n) is 5.96. The fourth-order valence-corrected chi connectivity index (χ4v) is 4.37. The highest BCUT2D eigenvalue weighted by molar-refractivity contribution is 7.91. The third-order valence-corrected chi connectivity index (χ3v) is 5.72. The summed E-state index contributed by atoms with van der Waals surface area (Å²) in [6, 6.07) is 4.95. The van der Waals surface area contributed by atoms with Gasteiger partial charge in [-0.15, -0.1) is 0 Å². The van der Waals surface area contributed by atoms with E-state index in [9.17, 15) is 18.0 Å². The molecule has 0 bridgehead atoms. The highest BCUT2D eigenvalue weighted by atomic mass is 32.2. The second kappa shape index (κ2) is 6.24. The zero-order valence-electron chi connectivity index (χ0n) is 13.1. The summed E-state index contributed by atoms with van der Waals surface area (Å²) in [4.78, 5) is 24.3. The molecule has 24 heavy (non-hydrogen) atoms. The van der Waals surface area contributed by atoms with E-state index in [0.717, 1.165) is 5.56 Å². The lowest BCUT2D eigenvalue weighted by Crippen LogP contribution is -2.34. The number of benzene rings is 1. The van der Waals surface area contributed by atoms with Crippen molar-refractivity contribution in [2.45, 2.75) is 19.4 Å². The summed E-state index contributed by atoms with van der Waals surface area (Å²) in [5, 5.41) is 3.09. The van der Waals surface area contributed by atoms with Gasteiger partial charge in [0, 0.05) is 12.1 Å². The number of hydrogen-bond acceptors (Lipinski definition) is 5. The van der Waals surface area contributed by atoms with Gasteiger partial charge >= 0.3 is 0 Å². The fourth-order valence-electron chi connectivity index (χ4n) is 2.70. The fraction of sp³-hybridized carbons (Fsp3) is 0.294. The van der Waals surface area contributed by atoms with Crippen molar-refractivity contribution < 1.29 is 17.6 Å². The van der Waals surface area contributed by atoms with Gasteiger partial charge in [0.05, 0.1) is 22.5 Å². The molecule has 1 saturated heterocycles. The number of sulfone groups is 1. The van der Waals surface area contributed by atoms with E-state index in [4.69, 9.17) is 4.42 Å². The lowest BCUT2D eigenvalue weighted by atomic mass is 10.1. The van der Waals surface area contributed by atoms with Crippen LogP contribution in [0, 0.1) is 6.92 Å². The van der Waals surface area contributed by atoms with Gasteiger partial charge in [0.15, 0.2) is 15.3 Å². The Bertz CT molecular complexity index is 988. The van der Waals surface area contributed by atoms with Gasteiger partial charge < -0.3 is 9.73 Å². The SMILES string of the molecule is Cc1ccc2occ(/C=C/C(=O)NC3CCS(=O)(=O)C3)c(=O)c2c1. The van der Waals surface area contributed by atoms with E-state index in [1.807, 2.05) is 13.0 Å². The van der Waals surface area contributed by atoms with Crippen LogP contribution >= 0.6 is 0 Å². The quantitative estimate of drug-likeness (QED) is 0.848. The molecule has 1 aromatic carbocycles. The highest BCUT2D eigenvalue weighted by Gasteiger charge is 2.28. The predicted molar refractivity (Wildman–Crippen MR) is 91.5 cm³/mol. The molecule has 1 N–H and O–H groups in total. The Morgan fingerprint density at radius 1 is 1.38 bits per heavy atom. The largest absolute Gasteiger partial charge is 0.463 e. The number of carbonyl (C=O) groups excluding carboxylic acids is 1. The molecule has 1 fully saturated rings. The smallest absolute Gasteiger partial charge is 0.244 e. The Kier molecular flexibility index (Phi) is 4.28. The Morgan fingerprint density at radius 2 is 2.17 bits per heavy atom. The normalized spacial score (nSPS) is 19.8. The first-order valence-electron chi connectivity index (χ1n) is 7.55. The molecule has 3 rings (SSSR count). The van der Waals surface area contributed by atoms with Gasteiger partial charge in [-0.2, -0.15) is 0 Å². The Morgan fingerprint density at radius 3 is 2.88 bits per heavy atom. The molecule has 2 aromatic rings. The average molecular weight is 347 g/mol. The van der Waals surface area contributed by atoms with E-state index in [1.54, 1.807) is 12.1 Å². The van der Waals surface area contributed by atoms with Gasteiger partial charge in [-0.25, -0.2) is 8.42 Å². The zero-order chi connectivity index (χ0) is 17.3. The number of hydrogen-bond donors (Lipinski definition) is 1. The van der Waals surface area contributed by atoms with Crippen LogP contribution in [0.25, 0.3) is 17.0 Å². The monoisotopic (exact) mass is 347 g/mol. The van der Waals surface area contributed by atoms with Gasteiger partial charge in [0.2, 0.25) is 5.91 Å². The molecule has 2 heterocycles. The van der Waals surface area contributed by atoms with Crippen LogP contribution in [-0.2, 0) is 14.6 Å². The Hall–Kier alpha value is -2.41. The first kappa shape index (κ1) is 16.4. The maximum atomic E-state index is 12.4. The molecule has 1 atom stereocenters. The summed E-state index contributed by atoms with van der Waals surface area (Å²) < 4.78 is 28.2. The van der Waals surface area contributed by atoms with Crippen molar-refractivity contribution >= 4 is 32.8 Å². The molecule has 1 amide bonds. The first-order valence-corrected chi connectivity index (χ1v) is 9.37. The lowest BCUT2D eigenvalue weighted by Gasteiger charge is -2.07. The van der Waals surface area contributed by atoms with E-state index in [0.29, 0.717) is 17.4 Å². The molecule has 1 unspecified atom stereocenters. The summed E-state index contributed by atoms with van der Waals surface area (Å²) in [6.07, 6.45) is 4.33. The molecule has 6 nitrogen and oxygen atoms in total. The molecule has 1 aliphatic rings.